The van der Waals surface area contributed by atoms with Gasteiger partial charge in [-0.1, -0.05) is 36.7 Å². The number of carbonyl (C=O) groups is 2. The molecular formula is C37H46ClN3O6S. The van der Waals surface area contributed by atoms with Crippen molar-refractivity contribution in [3.05, 3.63) is 70.3 Å². The Morgan fingerprint density at radius 2 is 2.04 bits per heavy atom. The Morgan fingerprint density at radius 3 is 2.81 bits per heavy atom. The minimum Gasteiger partial charge on any atom is -0.490 e. The third-order valence-corrected chi connectivity index (χ3v) is 13.0. The molecule has 2 bridgehead atoms. The minimum absolute atomic E-state index is 0.0358. The van der Waals surface area contributed by atoms with Crippen LogP contribution in [0.15, 0.2) is 52.9 Å². The summed E-state index contributed by atoms with van der Waals surface area (Å²) in [5, 5.41) is 0.745. The average Bonchev–Trinajstić information content (AvgIpc) is 3.88. The number of anilines is 1. The number of hydrogen-bond acceptors (Lipinski definition) is 7. The highest BCUT2D eigenvalue weighted by Gasteiger charge is 2.44. The van der Waals surface area contributed by atoms with E-state index in [0.29, 0.717) is 36.2 Å². The Balaban J connectivity index is 1.28. The van der Waals surface area contributed by atoms with Gasteiger partial charge in [0.2, 0.25) is 0 Å². The monoisotopic (exact) mass is 695 g/mol. The zero-order chi connectivity index (χ0) is 33.5. The maximum atomic E-state index is 14.3. The first-order valence-corrected chi connectivity index (χ1v) is 19.4. The van der Waals surface area contributed by atoms with E-state index in [-0.39, 0.29) is 35.9 Å². The van der Waals surface area contributed by atoms with Gasteiger partial charge >= 0.3 is 0 Å². The molecule has 0 aromatic heterocycles. The number of hydrogen-bond donors (Lipinski definition) is 1. The molecule has 1 spiro atoms. The van der Waals surface area contributed by atoms with Crippen LogP contribution >= 0.6 is 11.6 Å². The fourth-order valence-electron chi connectivity index (χ4n) is 8.00. The lowest BCUT2D eigenvalue weighted by Gasteiger charge is -2.46. The first-order valence-electron chi connectivity index (χ1n) is 17.4. The van der Waals surface area contributed by atoms with Crippen molar-refractivity contribution in [1.82, 2.24) is 4.72 Å². The van der Waals surface area contributed by atoms with E-state index in [1.165, 1.54) is 11.1 Å². The smallest absolute Gasteiger partial charge is 0.286 e. The van der Waals surface area contributed by atoms with Crippen LogP contribution in [0.25, 0.3) is 0 Å². The number of nitrogens with zero attached hydrogens (tertiary/aromatic N) is 2. The second kappa shape index (κ2) is 13.8. The van der Waals surface area contributed by atoms with Gasteiger partial charge in [-0.3, -0.25) is 14.3 Å². The third-order valence-electron chi connectivity index (χ3n) is 10.8. The Hall–Kier alpha value is -2.92. The van der Waals surface area contributed by atoms with Crippen LogP contribution in [0, 0.1) is 17.8 Å². The predicted molar refractivity (Wildman–Crippen MR) is 187 cm³/mol. The molecule has 2 heterocycles. The number of amides is 2. The summed E-state index contributed by atoms with van der Waals surface area (Å²) in [7, 11) is -1.68. The first kappa shape index (κ1) is 33.6. The third kappa shape index (κ3) is 7.18. The molecule has 7 rings (SSSR count). The molecular weight excluding hydrogens is 650 g/mol. The number of nitrogens with one attached hydrogen (secondary N) is 1. The topological polar surface area (TPSA) is 107 Å². The van der Waals surface area contributed by atoms with Crippen LogP contribution in [0.3, 0.4) is 0 Å². The maximum Gasteiger partial charge on any atom is 0.286 e. The number of allylic oxidation sites excluding steroid dienone is 1. The van der Waals surface area contributed by atoms with Gasteiger partial charge in [-0.2, -0.15) is 0 Å². The van der Waals surface area contributed by atoms with Crippen LogP contribution in [-0.2, 0) is 36.0 Å². The number of benzene rings is 2. The summed E-state index contributed by atoms with van der Waals surface area (Å²) in [6, 6.07) is 11.6. The summed E-state index contributed by atoms with van der Waals surface area (Å²) in [5.74, 6) is 0.231. The Morgan fingerprint density at radius 1 is 1.19 bits per heavy atom. The van der Waals surface area contributed by atoms with Gasteiger partial charge in [-0.15, -0.1) is 4.36 Å². The van der Waals surface area contributed by atoms with Crippen LogP contribution < -0.4 is 14.4 Å². The van der Waals surface area contributed by atoms with E-state index in [1.54, 1.807) is 13.2 Å². The molecule has 2 fully saturated rings. The quantitative estimate of drug-likeness (QED) is 0.368. The normalized spacial score (nSPS) is 32.5. The summed E-state index contributed by atoms with van der Waals surface area (Å²) in [6.07, 6.45) is 11.9. The van der Waals surface area contributed by atoms with E-state index in [2.05, 4.69) is 38.3 Å². The Bertz CT molecular complexity index is 1720. The average molecular weight is 696 g/mol. The Labute approximate surface area is 289 Å². The van der Waals surface area contributed by atoms with Crippen molar-refractivity contribution in [3.63, 3.8) is 0 Å². The molecule has 2 amide bonds. The second-order valence-electron chi connectivity index (χ2n) is 14.5. The van der Waals surface area contributed by atoms with E-state index < -0.39 is 21.7 Å². The molecule has 2 saturated carbocycles. The van der Waals surface area contributed by atoms with Gasteiger partial charge in [0.1, 0.15) is 22.3 Å². The van der Waals surface area contributed by atoms with Crippen LogP contribution in [0.1, 0.15) is 73.4 Å². The lowest BCUT2D eigenvalue weighted by Crippen LogP contribution is -2.49. The first-order chi connectivity index (χ1) is 23.1. The molecule has 2 aromatic rings. The molecule has 5 aliphatic rings. The Kier molecular flexibility index (Phi) is 9.63. The van der Waals surface area contributed by atoms with Crippen LogP contribution in [0.2, 0.25) is 5.02 Å². The van der Waals surface area contributed by atoms with E-state index >= 15 is 0 Å². The number of aryl methyl sites for hydroxylation is 1. The van der Waals surface area contributed by atoms with Gasteiger partial charge in [0.25, 0.3) is 11.8 Å². The number of rotatable bonds is 5. The highest BCUT2D eigenvalue weighted by molar-refractivity contribution is 7.92. The zero-order valence-electron chi connectivity index (χ0n) is 27.8. The molecule has 11 heteroatoms. The number of fused-ring (bicyclic) bond motifs is 4. The fourth-order valence-corrected chi connectivity index (χ4v) is 10.1. The van der Waals surface area contributed by atoms with Crippen molar-refractivity contribution in [2.75, 3.05) is 44.1 Å². The summed E-state index contributed by atoms with van der Waals surface area (Å²) >= 11 is 6.44. The van der Waals surface area contributed by atoms with Gasteiger partial charge in [-0.05, 0) is 111 Å². The summed E-state index contributed by atoms with van der Waals surface area (Å²) in [6.45, 7) is 3.78. The molecule has 0 saturated heterocycles. The van der Waals surface area contributed by atoms with Crippen molar-refractivity contribution in [1.29, 1.82) is 0 Å². The standard InChI is InChI=1S/C37H46ClN3O6S/c1-24-5-3-7-33(45-2)30-13-8-27(30)19-41-22-37(16-4-6-25-17-28(38)10-14-31(25)37)23-47-34-15-9-26(18-32(34)41)36(43)40-48(44,21-24)39-35(42)20-46-29-11-12-29/h3,7,9-10,14-15,17-18,24,27,29-30,33H,4-6,8,11-13,16,19-23H2,1-2H3,(H,39,40,42,43,44)/b7-3-/t24-,27-,30+,33-,37-,48?/m0/s1. The van der Waals surface area contributed by atoms with Gasteiger partial charge in [-0.25, -0.2) is 4.21 Å². The van der Waals surface area contributed by atoms with Crippen LogP contribution in [0.5, 0.6) is 5.75 Å². The fraction of sp³-hybridized carbons (Fsp3) is 0.568. The van der Waals surface area contributed by atoms with Crippen molar-refractivity contribution < 1.29 is 28.0 Å². The number of halogens is 1. The molecule has 6 atom stereocenters. The van der Waals surface area contributed by atoms with Crippen molar-refractivity contribution in [3.8, 4) is 5.75 Å². The number of carbonyl (C=O) groups excluding carboxylic acids is 2. The predicted octanol–water partition coefficient (Wildman–Crippen LogP) is 6.27. The molecule has 9 nitrogen and oxygen atoms in total. The van der Waals surface area contributed by atoms with E-state index in [1.807, 2.05) is 25.1 Å². The lowest BCUT2D eigenvalue weighted by molar-refractivity contribution is -0.124. The SMILES string of the molecule is CO[C@H]1/C=C\C[C@H](C)CS(=O)(NC(=O)COC2CC2)=NC(=O)c2ccc3c(c2)N(C[C@@H]2CC[C@H]21)C[C@@]1(CCCc2cc(Cl)ccc21)CO3. The zero-order valence-corrected chi connectivity index (χ0v) is 29.4. The van der Waals surface area contributed by atoms with Gasteiger partial charge < -0.3 is 19.1 Å². The molecule has 2 aromatic carbocycles. The summed E-state index contributed by atoms with van der Waals surface area (Å²) in [5.41, 5.74) is 3.45. The van der Waals surface area contributed by atoms with Crippen LogP contribution in [0.4, 0.5) is 5.69 Å². The molecule has 2 aliphatic heterocycles. The van der Waals surface area contributed by atoms with E-state index in [4.69, 9.17) is 25.8 Å². The highest BCUT2D eigenvalue weighted by atomic mass is 35.5. The van der Waals surface area contributed by atoms with Crippen molar-refractivity contribution in [2.45, 2.75) is 75.9 Å². The summed E-state index contributed by atoms with van der Waals surface area (Å²) < 4.78 is 39.3. The van der Waals surface area contributed by atoms with E-state index in [9.17, 15) is 13.8 Å². The number of methoxy groups -OCH3 is 1. The van der Waals surface area contributed by atoms with E-state index in [0.717, 1.165) is 68.7 Å². The minimum atomic E-state index is -3.44. The molecule has 1 unspecified atom stereocenters. The largest absolute Gasteiger partial charge is 0.490 e. The maximum absolute atomic E-state index is 14.3. The van der Waals surface area contributed by atoms with Gasteiger partial charge in [0.05, 0.1) is 30.3 Å². The molecule has 48 heavy (non-hydrogen) atoms. The molecule has 3 aliphatic carbocycles. The van der Waals surface area contributed by atoms with Crippen molar-refractivity contribution in [2.24, 2.45) is 22.1 Å². The second-order valence-corrected chi connectivity index (χ2v) is 16.9. The number of ether oxygens (including phenoxy) is 3. The molecule has 1 N–H and O–H groups in total. The van der Waals surface area contributed by atoms with Gasteiger partial charge in [0.15, 0.2) is 0 Å². The van der Waals surface area contributed by atoms with Crippen LogP contribution in [-0.4, -0.2) is 67.4 Å². The molecule has 0 radical (unpaired) electrons. The lowest BCUT2D eigenvalue weighted by atomic mass is 9.68. The van der Waals surface area contributed by atoms with Gasteiger partial charge in [0, 0.05) is 36.2 Å². The molecule has 258 valence electrons. The summed E-state index contributed by atoms with van der Waals surface area (Å²) in [4.78, 5) is 29.1. The van der Waals surface area contributed by atoms with Crippen molar-refractivity contribution >= 4 is 39.0 Å². The highest BCUT2D eigenvalue weighted by Crippen LogP contribution is 2.47.